The molecule has 0 saturated carbocycles. The Bertz CT molecular complexity index is 1410. The first-order valence-electron chi connectivity index (χ1n) is 13.6. The number of Topliss-reactive ketones (excluding diaryl/α,β-unsaturated/α-hetero) is 1. The predicted molar refractivity (Wildman–Crippen MR) is 146 cm³/mol. The van der Waals surface area contributed by atoms with E-state index in [1.54, 1.807) is 13.8 Å². The molecular weight excluding hydrogens is 595 g/mol. The minimum atomic E-state index is -1.88. The number of carbonyl (C=O) groups is 5. The number of ether oxygens (including phenoxy) is 1. The summed E-state index contributed by atoms with van der Waals surface area (Å²) in [5, 5.41) is 9.34. The molecule has 1 fully saturated rings. The second kappa shape index (κ2) is 14.8. The summed E-state index contributed by atoms with van der Waals surface area (Å²) in [6.07, 6.45) is -0.0129. The van der Waals surface area contributed by atoms with Crippen LogP contribution in [0.25, 0.3) is 0 Å². The third kappa shape index (κ3) is 8.51. The normalized spacial score (nSPS) is 15.8. The third-order valence-electron chi connectivity index (χ3n) is 6.81. The molecule has 0 bridgehead atoms. The van der Waals surface area contributed by atoms with Crippen LogP contribution < -0.4 is 26.0 Å². The van der Waals surface area contributed by atoms with Crippen LogP contribution in [0.4, 0.5) is 27.6 Å². The van der Waals surface area contributed by atoms with Crippen LogP contribution in [0.5, 0.6) is 5.75 Å². The number of benzene rings is 2. The van der Waals surface area contributed by atoms with Crippen LogP contribution in [0.2, 0.25) is 0 Å². The van der Waals surface area contributed by atoms with Crippen LogP contribution in [0.3, 0.4) is 0 Å². The molecule has 1 saturated heterocycles. The maximum absolute atomic E-state index is 14.1. The Morgan fingerprint density at radius 3 is 2.18 bits per heavy atom. The summed E-state index contributed by atoms with van der Waals surface area (Å²) in [6.45, 7) is 4.05. The van der Waals surface area contributed by atoms with Crippen molar-refractivity contribution in [1.82, 2.24) is 16.0 Å². The monoisotopic (exact) mass is 626 g/mol. The van der Waals surface area contributed by atoms with Gasteiger partial charge in [-0.2, -0.15) is 8.78 Å². The average molecular weight is 627 g/mol. The minimum absolute atomic E-state index is 0.0239. The number of amides is 4. The van der Waals surface area contributed by atoms with Crippen molar-refractivity contribution in [3.05, 3.63) is 58.9 Å². The lowest BCUT2D eigenvalue weighted by Crippen LogP contribution is -2.54. The summed E-state index contributed by atoms with van der Waals surface area (Å²) in [5.41, 5.74) is 0.104. The highest BCUT2D eigenvalue weighted by atomic mass is 19.2. The Kier molecular flexibility index (Phi) is 11.4. The molecule has 2 aromatic rings. The Morgan fingerprint density at radius 2 is 1.61 bits per heavy atom. The van der Waals surface area contributed by atoms with Gasteiger partial charge in [-0.3, -0.25) is 24.0 Å². The molecule has 3 atom stereocenters. The van der Waals surface area contributed by atoms with Crippen molar-refractivity contribution in [1.29, 1.82) is 0 Å². The van der Waals surface area contributed by atoms with Gasteiger partial charge in [-0.1, -0.05) is 26.0 Å². The number of anilines is 1. The summed E-state index contributed by atoms with van der Waals surface area (Å²) in [6, 6.07) is 1.05. The van der Waals surface area contributed by atoms with Crippen molar-refractivity contribution in [2.45, 2.75) is 52.1 Å². The highest BCUT2D eigenvalue weighted by Crippen LogP contribution is 2.27. The quantitative estimate of drug-likeness (QED) is 0.162. The number of hydrogen-bond acceptors (Lipinski definition) is 6. The fourth-order valence-corrected chi connectivity index (χ4v) is 4.51. The van der Waals surface area contributed by atoms with E-state index in [-0.39, 0.29) is 37.1 Å². The number of halogens is 5. The van der Waals surface area contributed by atoms with Crippen LogP contribution in [0.1, 0.15) is 38.7 Å². The lowest BCUT2D eigenvalue weighted by Gasteiger charge is -2.25. The molecular formula is C29H31F5N4O6. The molecule has 44 heavy (non-hydrogen) atoms. The number of nitrogens with one attached hydrogen (secondary N) is 4. The number of aryl methyl sites for hydroxylation is 1. The molecule has 15 heteroatoms. The standard InChI is InChI=1S/C29H31F5N4O6/c1-13(2)9-20(37-28(42)29(43)38-24-14(3)5-4-6-16(24)30)27(41)36-19(10-15-7-8-35-26(15)40)21(39)12-44-25-22(33)17(31)11-18(32)23(25)34/h4-6,11,13,15,19-20H,7-10,12H2,1-3H3,(H,35,40)(H,36,41)(H,37,42)(H,38,43)/t15-,19-,20-/m0/s1. The lowest BCUT2D eigenvalue weighted by molar-refractivity contribution is -0.138. The van der Waals surface area contributed by atoms with Gasteiger partial charge >= 0.3 is 11.8 Å². The lowest BCUT2D eigenvalue weighted by atomic mass is 9.95. The highest BCUT2D eigenvalue weighted by Gasteiger charge is 2.34. The van der Waals surface area contributed by atoms with Gasteiger partial charge < -0.3 is 26.0 Å². The minimum Gasteiger partial charge on any atom is -0.479 e. The molecule has 0 aromatic heterocycles. The first-order chi connectivity index (χ1) is 20.7. The van der Waals surface area contributed by atoms with E-state index in [1.807, 2.05) is 0 Å². The molecule has 238 valence electrons. The summed E-state index contributed by atoms with van der Waals surface area (Å²) in [5.74, 6) is -15.5. The van der Waals surface area contributed by atoms with Crippen molar-refractivity contribution in [2.75, 3.05) is 18.5 Å². The molecule has 0 aliphatic carbocycles. The second-order valence-electron chi connectivity index (χ2n) is 10.7. The maximum atomic E-state index is 14.1. The van der Waals surface area contributed by atoms with Gasteiger partial charge in [-0.05, 0) is 43.7 Å². The number of rotatable bonds is 12. The summed E-state index contributed by atoms with van der Waals surface area (Å²) in [7, 11) is 0. The van der Waals surface area contributed by atoms with Crippen molar-refractivity contribution in [3.63, 3.8) is 0 Å². The van der Waals surface area contributed by atoms with E-state index in [9.17, 15) is 45.9 Å². The van der Waals surface area contributed by atoms with Gasteiger partial charge in [0.15, 0.2) is 23.2 Å². The van der Waals surface area contributed by atoms with Crippen molar-refractivity contribution < 1.29 is 50.7 Å². The van der Waals surface area contributed by atoms with Crippen molar-refractivity contribution in [3.8, 4) is 5.75 Å². The topological polar surface area (TPSA) is 143 Å². The zero-order valence-electron chi connectivity index (χ0n) is 24.0. The fraction of sp³-hybridized carbons (Fsp3) is 0.414. The van der Waals surface area contributed by atoms with Gasteiger partial charge in [-0.25, -0.2) is 13.2 Å². The van der Waals surface area contributed by atoms with E-state index >= 15 is 0 Å². The molecule has 1 aliphatic rings. The van der Waals surface area contributed by atoms with Crippen molar-refractivity contribution >= 4 is 35.1 Å². The Hall–Kier alpha value is -4.56. The zero-order chi connectivity index (χ0) is 32.7. The number of para-hydroxylation sites is 1. The van der Waals surface area contributed by atoms with Crippen molar-refractivity contribution in [2.24, 2.45) is 11.8 Å². The van der Waals surface area contributed by atoms with E-state index in [1.165, 1.54) is 19.1 Å². The summed E-state index contributed by atoms with van der Waals surface area (Å²) < 4.78 is 74.1. The molecule has 0 radical (unpaired) electrons. The van der Waals surface area contributed by atoms with Crippen LogP contribution in [-0.4, -0.2) is 54.6 Å². The molecule has 0 unspecified atom stereocenters. The number of carbonyl (C=O) groups excluding carboxylic acids is 5. The van der Waals surface area contributed by atoms with Gasteiger partial charge in [-0.15, -0.1) is 0 Å². The third-order valence-corrected chi connectivity index (χ3v) is 6.81. The molecule has 3 rings (SSSR count). The van der Waals surface area contributed by atoms with E-state index in [0.717, 1.165) is 6.07 Å². The van der Waals surface area contributed by atoms with E-state index in [2.05, 4.69) is 21.3 Å². The summed E-state index contributed by atoms with van der Waals surface area (Å²) >= 11 is 0. The molecule has 4 N–H and O–H groups in total. The molecule has 2 aromatic carbocycles. The van der Waals surface area contributed by atoms with Gasteiger partial charge in [0.1, 0.15) is 18.5 Å². The van der Waals surface area contributed by atoms with Gasteiger partial charge in [0.25, 0.3) is 0 Å². The molecule has 0 spiro atoms. The van der Waals surface area contributed by atoms with Crippen LogP contribution in [0, 0.1) is 47.8 Å². The number of ketones is 1. The smallest absolute Gasteiger partial charge is 0.313 e. The Labute approximate surface area is 249 Å². The average Bonchev–Trinajstić information content (AvgIpc) is 3.36. The Balaban J connectivity index is 1.77. The first-order valence-corrected chi connectivity index (χ1v) is 13.6. The largest absolute Gasteiger partial charge is 0.479 e. The molecule has 10 nitrogen and oxygen atoms in total. The Morgan fingerprint density at radius 1 is 0.955 bits per heavy atom. The van der Waals surface area contributed by atoms with E-state index in [0.29, 0.717) is 12.0 Å². The van der Waals surface area contributed by atoms with Gasteiger partial charge in [0, 0.05) is 18.5 Å². The summed E-state index contributed by atoms with van der Waals surface area (Å²) in [4.78, 5) is 63.8. The van der Waals surface area contributed by atoms with E-state index < -0.39 is 88.9 Å². The SMILES string of the molecule is Cc1cccc(F)c1NC(=O)C(=O)N[C@@H](CC(C)C)C(=O)N[C@@H](C[C@@H]1CCNC1=O)C(=O)COc1c(F)c(F)cc(F)c1F. The number of hydrogen-bond donors (Lipinski definition) is 4. The van der Waals surface area contributed by atoms with Crippen LogP contribution in [0.15, 0.2) is 24.3 Å². The van der Waals surface area contributed by atoms with E-state index in [4.69, 9.17) is 4.74 Å². The van der Waals surface area contributed by atoms with Crippen LogP contribution >= 0.6 is 0 Å². The fourth-order valence-electron chi connectivity index (χ4n) is 4.51. The predicted octanol–water partition coefficient (Wildman–Crippen LogP) is 2.82. The first kappa shape index (κ1) is 33.9. The molecule has 1 heterocycles. The van der Waals surface area contributed by atoms with Crippen LogP contribution in [-0.2, 0) is 24.0 Å². The van der Waals surface area contributed by atoms with Gasteiger partial charge in [0.2, 0.25) is 23.4 Å². The highest BCUT2D eigenvalue weighted by molar-refractivity contribution is 6.40. The second-order valence-corrected chi connectivity index (χ2v) is 10.7. The molecule has 1 aliphatic heterocycles. The van der Waals surface area contributed by atoms with Gasteiger partial charge in [0.05, 0.1) is 11.7 Å². The molecule has 4 amide bonds. The maximum Gasteiger partial charge on any atom is 0.313 e. The zero-order valence-corrected chi connectivity index (χ0v) is 24.0.